The highest BCUT2D eigenvalue weighted by molar-refractivity contribution is 5.75. The second-order valence-corrected chi connectivity index (χ2v) is 4.28. The van der Waals surface area contributed by atoms with Gasteiger partial charge in [-0.05, 0) is 12.8 Å². The Hall–Kier alpha value is -0.810. The Kier molecular flexibility index (Phi) is 1.58. The summed E-state index contributed by atoms with van der Waals surface area (Å²) in [6, 6.07) is -0.0309. The molecule has 0 aliphatic carbocycles. The van der Waals surface area contributed by atoms with Gasteiger partial charge in [0.2, 0.25) is 0 Å². The maximum Gasteiger partial charge on any atom is 0.317 e. The molecule has 0 aromatic carbocycles. The molecule has 0 spiro atoms. The molecule has 0 saturated carbocycles. The first kappa shape index (κ1) is 8.49. The first-order valence-electron chi connectivity index (χ1n) is 5.06. The summed E-state index contributed by atoms with van der Waals surface area (Å²) in [6.45, 7) is 0. The Bertz CT molecular complexity index is 281. The van der Waals surface area contributed by atoms with Crippen molar-refractivity contribution in [2.24, 2.45) is 0 Å². The number of hydrogen-bond donors (Lipinski definition) is 2. The zero-order valence-electron chi connectivity index (χ0n) is 8.01. The second-order valence-electron chi connectivity index (χ2n) is 4.28. The molecule has 4 aliphatic heterocycles. The summed E-state index contributed by atoms with van der Waals surface area (Å²) in [5.41, 5.74) is 0. The second kappa shape index (κ2) is 2.61. The quantitative estimate of drug-likeness (QED) is 0.541. The van der Waals surface area contributed by atoms with Crippen molar-refractivity contribution in [2.45, 2.75) is 43.2 Å². The van der Waals surface area contributed by atoms with Gasteiger partial charge in [-0.25, -0.2) is 4.79 Å². The van der Waals surface area contributed by atoms with Crippen LogP contribution in [0.4, 0.5) is 4.79 Å². The van der Waals surface area contributed by atoms with E-state index in [1.165, 1.54) is 0 Å². The Morgan fingerprint density at radius 2 is 2.21 bits per heavy atom. The number of hydrogen-bond acceptors (Lipinski definition) is 3. The first-order valence-corrected chi connectivity index (χ1v) is 5.06. The molecule has 4 heterocycles. The molecular formula is C9H14N2O3. The van der Waals surface area contributed by atoms with Gasteiger partial charge in [-0.3, -0.25) is 0 Å². The summed E-state index contributed by atoms with van der Waals surface area (Å²) in [4.78, 5) is 13.3. The maximum atomic E-state index is 11.6. The number of nitrogens with zero attached hydrogens (tertiary/aromatic N) is 1. The smallest absolute Gasteiger partial charge is 0.317 e. The minimum Gasteiger partial charge on any atom is -0.388 e. The lowest BCUT2D eigenvalue weighted by molar-refractivity contribution is -0.0744. The normalized spacial score (nSPS) is 48.7. The monoisotopic (exact) mass is 198 g/mol. The Labute approximate surface area is 82.0 Å². The molecule has 5 unspecified atom stereocenters. The molecule has 0 radical (unpaired) electrons. The van der Waals surface area contributed by atoms with Gasteiger partial charge in [0.1, 0.15) is 12.2 Å². The van der Waals surface area contributed by atoms with E-state index in [9.17, 15) is 9.90 Å². The van der Waals surface area contributed by atoms with Gasteiger partial charge in [0.05, 0.1) is 18.2 Å². The van der Waals surface area contributed by atoms with E-state index >= 15 is 0 Å². The third-order valence-corrected chi connectivity index (χ3v) is 3.63. The van der Waals surface area contributed by atoms with Gasteiger partial charge in [-0.2, -0.15) is 0 Å². The zero-order valence-corrected chi connectivity index (χ0v) is 8.01. The maximum absolute atomic E-state index is 11.6. The van der Waals surface area contributed by atoms with Crippen LogP contribution < -0.4 is 5.32 Å². The number of carbonyl (C=O) groups is 1. The van der Waals surface area contributed by atoms with E-state index in [4.69, 9.17) is 4.74 Å². The predicted octanol–water partition coefficient (Wildman–Crippen LogP) is -0.699. The van der Waals surface area contributed by atoms with E-state index in [-0.39, 0.29) is 30.3 Å². The molecule has 0 aromatic heterocycles. The van der Waals surface area contributed by atoms with Crippen LogP contribution in [0, 0.1) is 0 Å². The van der Waals surface area contributed by atoms with E-state index in [0.29, 0.717) is 0 Å². The van der Waals surface area contributed by atoms with E-state index < -0.39 is 6.10 Å². The average Bonchev–Trinajstić information content (AvgIpc) is 2.59. The lowest BCUT2D eigenvalue weighted by Crippen LogP contribution is -2.52. The third-order valence-electron chi connectivity index (χ3n) is 3.63. The molecule has 2 N–H and O–H groups in total. The van der Waals surface area contributed by atoms with E-state index in [0.717, 1.165) is 12.8 Å². The summed E-state index contributed by atoms with van der Waals surface area (Å²) < 4.78 is 5.62. The number of ether oxygens (including phenoxy) is 1. The molecule has 2 amide bonds. The van der Waals surface area contributed by atoms with Crippen LogP contribution in [0.3, 0.4) is 0 Å². The van der Waals surface area contributed by atoms with Gasteiger partial charge in [0.25, 0.3) is 0 Å². The number of nitrogens with one attached hydrogen (secondary N) is 1. The van der Waals surface area contributed by atoms with Crippen LogP contribution in [0.1, 0.15) is 12.8 Å². The molecule has 0 aromatic rings. The van der Waals surface area contributed by atoms with Gasteiger partial charge in [0, 0.05) is 7.05 Å². The molecule has 4 bridgehead atoms. The molecule has 4 fully saturated rings. The van der Waals surface area contributed by atoms with Crippen LogP contribution in [0.15, 0.2) is 0 Å². The number of amides is 2. The molecule has 14 heavy (non-hydrogen) atoms. The van der Waals surface area contributed by atoms with Crippen molar-refractivity contribution >= 4 is 6.03 Å². The first-order chi connectivity index (χ1) is 6.72. The van der Waals surface area contributed by atoms with Gasteiger partial charge < -0.3 is 20.1 Å². The Morgan fingerprint density at radius 3 is 2.86 bits per heavy atom. The van der Waals surface area contributed by atoms with Crippen molar-refractivity contribution in [2.75, 3.05) is 7.05 Å². The molecular weight excluding hydrogens is 184 g/mol. The summed E-state index contributed by atoms with van der Waals surface area (Å²) in [5.74, 6) is 0. The molecule has 4 saturated heterocycles. The van der Waals surface area contributed by atoms with Gasteiger partial charge in [-0.1, -0.05) is 0 Å². The Morgan fingerprint density at radius 1 is 1.50 bits per heavy atom. The number of piperidine rings is 1. The largest absolute Gasteiger partial charge is 0.388 e. The molecule has 4 rings (SSSR count). The van der Waals surface area contributed by atoms with E-state index in [2.05, 4.69) is 5.32 Å². The van der Waals surface area contributed by atoms with Crippen molar-refractivity contribution in [3.8, 4) is 0 Å². The van der Waals surface area contributed by atoms with Crippen molar-refractivity contribution in [1.82, 2.24) is 10.2 Å². The van der Waals surface area contributed by atoms with Crippen molar-refractivity contribution < 1.29 is 14.6 Å². The van der Waals surface area contributed by atoms with Gasteiger partial charge in [0.15, 0.2) is 0 Å². The van der Waals surface area contributed by atoms with Crippen molar-refractivity contribution in [3.05, 3.63) is 0 Å². The standard InChI is InChI=1S/C9H14N2O3/c1-10-9(13)11-5-2-4-3-6(11)8(14-4)7(5)12/h4-8,12H,2-3H2,1H3,(H,10,13). The van der Waals surface area contributed by atoms with Crippen LogP contribution in [0.2, 0.25) is 0 Å². The summed E-state index contributed by atoms with van der Waals surface area (Å²) >= 11 is 0. The van der Waals surface area contributed by atoms with Crippen molar-refractivity contribution in [3.63, 3.8) is 0 Å². The number of aliphatic hydroxyl groups is 1. The fraction of sp³-hybridized carbons (Fsp3) is 0.889. The molecule has 4 aliphatic rings. The lowest BCUT2D eigenvalue weighted by atomic mass is 10.0. The van der Waals surface area contributed by atoms with Gasteiger partial charge >= 0.3 is 6.03 Å². The van der Waals surface area contributed by atoms with Crippen LogP contribution in [-0.2, 0) is 4.74 Å². The highest BCUT2D eigenvalue weighted by atomic mass is 16.5. The van der Waals surface area contributed by atoms with Crippen LogP contribution in [-0.4, -0.2) is 53.5 Å². The number of carbonyl (C=O) groups excluding carboxylic acids is 1. The summed E-state index contributed by atoms with van der Waals surface area (Å²) in [5, 5.41) is 12.5. The molecule has 78 valence electrons. The van der Waals surface area contributed by atoms with E-state index in [1.54, 1.807) is 11.9 Å². The van der Waals surface area contributed by atoms with E-state index in [1.807, 2.05) is 0 Å². The topological polar surface area (TPSA) is 61.8 Å². The minimum atomic E-state index is -0.490. The summed E-state index contributed by atoms with van der Waals surface area (Å²) in [7, 11) is 1.62. The van der Waals surface area contributed by atoms with Crippen LogP contribution in [0.25, 0.3) is 0 Å². The van der Waals surface area contributed by atoms with Crippen LogP contribution >= 0.6 is 0 Å². The number of urea groups is 1. The predicted molar refractivity (Wildman–Crippen MR) is 47.8 cm³/mol. The SMILES string of the molecule is CNC(=O)N1C2CC3CC1C(O3)C2O. The fourth-order valence-electron chi connectivity index (χ4n) is 3.09. The number of rotatable bonds is 0. The van der Waals surface area contributed by atoms with Gasteiger partial charge in [-0.15, -0.1) is 0 Å². The lowest BCUT2D eigenvalue weighted by Gasteiger charge is -2.35. The average molecular weight is 198 g/mol. The molecule has 5 nitrogen and oxygen atoms in total. The molecule has 5 heteroatoms. The molecule has 5 atom stereocenters. The third kappa shape index (κ3) is 0.840. The van der Waals surface area contributed by atoms with Crippen molar-refractivity contribution in [1.29, 1.82) is 0 Å². The van der Waals surface area contributed by atoms with Crippen LogP contribution in [0.5, 0.6) is 0 Å². The fourth-order valence-corrected chi connectivity index (χ4v) is 3.09. The summed E-state index contributed by atoms with van der Waals surface area (Å²) in [6.07, 6.45) is 1.29. The highest BCUT2D eigenvalue weighted by Crippen LogP contribution is 2.45. The number of aliphatic hydroxyl groups excluding tert-OH is 1. The zero-order chi connectivity index (χ0) is 9.87. The Balaban J connectivity index is 1.92. The highest BCUT2D eigenvalue weighted by Gasteiger charge is 2.60. The minimum absolute atomic E-state index is 0.0301.